The van der Waals surface area contributed by atoms with Crippen molar-refractivity contribution >= 4 is 0 Å². The molecule has 0 fully saturated rings. The lowest BCUT2D eigenvalue weighted by Crippen LogP contribution is -2.16. The van der Waals surface area contributed by atoms with Gasteiger partial charge in [-0.1, -0.05) is 24.3 Å². The van der Waals surface area contributed by atoms with Gasteiger partial charge in [-0.15, -0.1) is 0 Å². The van der Waals surface area contributed by atoms with Gasteiger partial charge >= 0.3 is 0 Å². The van der Waals surface area contributed by atoms with E-state index in [0.29, 0.717) is 0 Å². The number of unbranched alkanes of at least 4 members (excludes halogenated alkanes) is 1. The van der Waals surface area contributed by atoms with E-state index >= 15 is 0 Å². The molecule has 3 heteroatoms. The molecule has 0 aliphatic carbocycles. The lowest BCUT2D eigenvalue weighted by Gasteiger charge is -2.15. The number of hydrogen-bond donors (Lipinski definition) is 2. The number of benzene rings is 1. The number of rotatable bonds is 9. The molecule has 1 aromatic carbocycles. The first-order valence-corrected chi connectivity index (χ1v) is 7.09. The quantitative estimate of drug-likeness (QED) is 0.669. The summed E-state index contributed by atoms with van der Waals surface area (Å²) in [6, 6.07) is 8.75. The molecule has 0 unspecified atom stereocenters. The molecule has 0 bridgehead atoms. The van der Waals surface area contributed by atoms with E-state index in [9.17, 15) is 0 Å². The maximum atomic E-state index is 5.56. The summed E-state index contributed by atoms with van der Waals surface area (Å²) in [5.74, 6) is 0. The monoisotopic (exact) mass is 261 g/mol. The van der Waals surface area contributed by atoms with Gasteiger partial charge in [0, 0.05) is 33.0 Å². The van der Waals surface area contributed by atoms with Gasteiger partial charge in [-0.05, 0) is 43.4 Å². The smallest absolute Gasteiger partial charge is 0.0210 e. The van der Waals surface area contributed by atoms with Crippen LogP contribution in [0.15, 0.2) is 36.7 Å². The van der Waals surface area contributed by atoms with Crippen molar-refractivity contribution in [2.45, 2.75) is 25.7 Å². The van der Waals surface area contributed by atoms with Crippen molar-refractivity contribution in [2.24, 2.45) is 5.73 Å². The molecule has 1 aromatic rings. The van der Waals surface area contributed by atoms with Crippen LogP contribution in [0.1, 0.15) is 24.0 Å². The third kappa shape index (κ3) is 6.30. The number of nitrogens with two attached hydrogens (primary N) is 1. The minimum Gasteiger partial charge on any atom is -0.393 e. The minimum atomic E-state index is 0.791. The maximum Gasteiger partial charge on any atom is 0.0210 e. The van der Waals surface area contributed by atoms with Crippen molar-refractivity contribution in [3.63, 3.8) is 0 Å². The normalized spacial score (nSPS) is 10.9. The van der Waals surface area contributed by atoms with Crippen molar-refractivity contribution in [1.29, 1.82) is 0 Å². The van der Waals surface area contributed by atoms with Crippen LogP contribution in [0.4, 0.5) is 0 Å². The Labute approximate surface area is 117 Å². The topological polar surface area (TPSA) is 41.3 Å². The molecule has 0 aliphatic rings. The highest BCUT2D eigenvalue weighted by Crippen LogP contribution is 2.13. The van der Waals surface area contributed by atoms with Crippen LogP contribution in [0, 0.1) is 0 Å². The Morgan fingerprint density at radius 3 is 2.47 bits per heavy atom. The first-order valence-electron chi connectivity index (χ1n) is 7.09. The van der Waals surface area contributed by atoms with Crippen LogP contribution in [-0.4, -0.2) is 32.1 Å². The summed E-state index contributed by atoms with van der Waals surface area (Å²) in [7, 11) is 4.02. The second kappa shape index (κ2) is 9.45. The Morgan fingerprint density at radius 2 is 1.84 bits per heavy atom. The molecule has 3 N–H and O–H groups in total. The summed E-state index contributed by atoms with van der Waals surface area (Å²) in [6.45, 7) is 1.83. The van der Waals surface area contributed by atoms with Crippen molar-refractivity contribution in [3.8, 4) is 0 Å². The van der Waals surface area contributed by atoms with E-state index in [-0.39, 0.29) is 0 Å². The van der Waals surface area contributed by atoms with Crippen LogP contribution in [0.2, 0.25) is 0 Å². The largest absolute Gasteiger partial charge is 0.393 e. The van der Waals surface area contributed by atoms with Crippen molar-refractivity contribution in [2.75, 3.05) is 27.2 Å². The third-order valence-corrected chi connectivity index (χ3v) is 3.25. The maximum absolute atomic E-state index is 5.56. The van der Waals surface area contributed by atoms with Crippen molar-refractivity contribution in [3.05, 3.63) is 47.8 Å². The predicted octanol–water partition coefficient (Wildman–Crippen LogP) is 2.13. The van der Waals surface area contributed by atoms with Gasteiger partial charge < -0.3 is 16.0 Å². The summed E-state index contributed by atoms with van der Waals surface area (Å²) in [5.41, 5.74) is 8.49. The van der Waals surface area contributed by atoms with Crippen LogP contribution in [0.25, 0.3) is 0 Å². The van der Waals surface area contributed by atoms with Gasteiger partial charge in [-0.2, -0.15) is 0 Å². The van der Waals surface area contributed by atoms with Gasteiger partial charge in [-0.3, -0.25) is 0 Å². The van der Waals surface area contributed by atoms with Crippen LogP contribution < -0.4 is 11.1 Å². The summed E-state index contributed by atoms with van der Waals surface area (Å²) >= 11 is 0. The van der Waals surface area contributed by atoms with Gasteiger partial charge in [0.15, 0.2) is 0 Å². The Kier molecular flexibility index (Phi) is 7.75. The van der Waals surface area contributed by atoms with E-state index < -0.39 is 0 Å². The molecule has 0 amide bonds. The second-order valence-corrected chi connectivity index (χ2v) is 4.85. The number of nitrogens with zero attached hydrogens (tertiary/aromatic N) is 1. The fraction of sp³-hybridized carbons (Fsp3) is 0.500. The molecule has 3 nitrogen and oxygen atoms in total. The number of aryl methyl sites for hydroxylation is 1. The molecule has 0 radical (unpaired) electrons. The van der Waals surface area contributed by atoms with Gasteiger partial charge in [0.05, 0.1) is 0 Å². The van der Waals surface area contributed by atoms with Crippen LogP contribution >= 0.6 is 0 Å². The van der Waals surface area contributed by atoms with Gasteiger partial charge in [0.25, 0.3) is 0 Å². The Balaban J connectivity index is 2.50. The third-order valence-electron chi connectivity index (χ3n) is 3.25. The highest BCUT2D eigenvalue weighted by molar-refractivity contribution is 5.27. The van der Waals surface area contributed by atoms with Gasteiger partial charge in [0.1, 0.15) is 0 Å². The Bertz CT molecular complexity index is 374. The SMILES string of the molecule is CN/C=C\N(C)CCc1ccccc1CCCCN. The molecule has 0 heterocycles. The Morgan fingerprint density at radius 1 is 1.16 bits per heavy atom. The van der Waals surface area contributed by atoms with E-state index in [1.807, 2.05) is 13.2 Å². The molecular weight excluding hydrogens is 234 g/mol. The highest BCUT2D eigenvalue weighted by atomic mass is 15.1. The average Bonchev–Trinajstić information content (AvgIpc) is 2.44. The summed E-state index contributed by atoms with van der Waals surface area (Å²) in [5, 5.41) is 3.01. The van der Waals surface area contributed by atoms with Crippen LogP contribution in [-0.2, 0) is 12.8 Å². The Hall–Kier alpha value is -1.48. The molecule has 0 atom stereocenters. The zero-order chi connectivity index (χ0) is 13.9. The average molecular weight is 261 g/mol. The fourth-order valence-corrected chi connectivity index (χ4v) is 2.08. The second-order valence-electron chi connectivity index (χ2n) is 4.85. The molecular formula is C16H27N3. The first kappa shape index (κ1) is 15.6. The summed E-state index contributed by atoms with van der Waals surface area (Å²) < 4.78 is 0. The van der Waals surface area contributed by atoms with Gasteiger partial charge in [-0.25, -0.2) is 0 Å². The van der Waals surface area contributed by atoms with Gasteiger partial charge in [0.2, 0.25) is 0 Å². The fourth-order valence-electron chi connectivity index (χ4n) is 2.08. The molecule has 0 saturated carbocycles. The van der Waals surface area contributed by atoms with Crippen molar-refractivity contribution < 1.29 is 0 Å². The van der Waals surface area contributed by atoms with E-state index in [4.69, 9.17) is 5.73 Å². The lowest BCUT2D eigenvalue weighted by atomic mass is 9.99. The van der Waals surface area contributed by atoms with Crippen LogP contribution in [0.3, 0.4) is 0 Å². The zero-order valence-corrected chi connectivity index (χ0v) is 12.2. The molecule has 0 saturated heterocycles. The molecule has 0 aliphatic heterocycles. The standard InChI is InChI=1S/C16H27N3/c1-18-12-14-19(2)13-10-16-8-4-3-7-15(16)9-5-6-11-17/h3-4,7-8,12,14,18H,5-6,9-11,13,17H2,1-2H3/b14-12-. The minimum absolute atomic E-state index is 0.791. The first-order chi connectivity index (χ1) is 9.27. The predicted molar refractivity (Wildman–Crippen MR) is 83.0 cm³/mol. The summed E-state index contributed by atoms with van der Waals surface area (Å²) in [6.07, 6.45) is 8.54. The molecule has 0 spiro atoms. The van der Waals surface area contributed by atoms with E-state index in [1.54, 1.807) is 0 Å². The van der Waals surface area contributed by atoms with E-state index in [2.05, 4.69) is 47.7 Å². The molecule has 19 heavy (non-hydrogen) atoms. The molecule has 106 valence electrons. The zero-order valence-electron chi connectivity index (χ0n) is 12.2. The van der Waals surface area contributed by atoms with Crippen LogP contribution in [0.5, 0.6) is 0 Å². The number of hydrogen-bond acceptors (Lipinski definition) is 3. The lowest BCUT2D eigenvalue weighted by molar-refractivity contribution is 0.457. The number of likely N-dealkylation sites (N-methyl/N-ethyl adjacent to an activating group) is 1. The highest BCUT2D eigenvalue weighted by Gasteiger charge is 2.02. The molecule has 0 aromatic heterocycles. The number of nitrogens with one attached hydrogen (secondary N) is 1. The van der Waals surface area contributed by atoms with E-state index in [0.717, 1.165) is 32.4 Å². The summed E-state index contributed by atoms with van der Waals surface area (Å²) in [4.78, 5) is 2.20. The van der Waals surface area contributed by atoms with E-state index in [1.165, 1.54) is 17.5 Å². The van der Waals surface area contributed by atoms with Crippen molar-refractivity contribution in [1.82, 2.24) is 10.2 Å². The molecule has 1 rings (SSSR count).